The summed E-state index contributed by atoms with van der Waals surface area (Å²) >= 11 is 3.19. The average Bonchev–Trinajstić information content (AvgIpc) is 2.18. The molecule has 0 aliphatic carbocycles. The molecule has 0 unspecified atom stereocenters. The standard InChI is InChI=1S/C10H13BrN2O3S/c1-10(14)5-13(6-10)17(15,16)7-2-3-9(12)8(11)4-7/h2-4,14H,5-6,12H2,1H3. The molecule has 0 saturated carbocycles. The van der Waals surface area contributed by atoms with Crippen LogP contribution in [0.15, 0.2) is 27.6 Å². The molecule has 0 spiro atoms. The summed E-state index contributed by atoms with van der Waals surface area (Å²) in [6.45, 7) is 1.85. The smallest absolute Gasteiger partial charge is 0.243 e. The van der Waals surface area contributed by atoms with Crippen LogP contribution in [0.3, 0.4) is 0 Å². The number of β-amino-alcohol motifs (C(OH)–C–C–N with tert-alkyl or cyclic N) is 1. The molecule has 0 amide bonds. The van der Waals surface area contributed by atoms with Crippen molar-refractivity contribution in [3.8, 4) is 0 Å². The van der Waals surface area contributed by atoms with E-state index in [2.05, 4.69) is 15.9 Å². The third kappa shape index (κ3) is 2.33. The number of anilines is 1. The predicted octanol–water partition coefficient (Wildman–Crippen LogP) is 0.787. The summed E-state index contributed by atoms with van der Waals surface area (Å²) in [7, 11) is -3.52. The van der Waals surface area contributed by atoms with Gasteiger partial charge in [0.15, 0.2) is 0 Å². The van der Waals surface area contributed by atoms with Gasteiger partial charge in [0.05, 0.1) is 10.5 Å². The van der Waals surface area contributed by atoms with Gasteiger partial charge in [0.2, 0.25) is 10.0 Å². The van der Waals surface area contributed by atoms with E-state index < -0.39 is 15.6 Å². The number of nitrogens with two attached hydrogens (primary N) is 1. The molecule has 3 N–H and O–H groups in total. The summed E-state index contributed by atoms with van der Waals surface area (Å²) in [6.07, 6.45) is 0. The number of hydrogen-bond acceptors (Lipinski definition) is 4. The molecule has 1 aromatic carbocycles. The zero-order valence-electron chi connectivity index (χ0n) is 9.22. The maximum Gasteiger partial charge on any atom is 0.243 e. The molecule has 0 aromatic heterocycles. The van der Waals surface area contributed by atoms with Crippen LogP contribution in [0.4, 0.5) is 5.69 Å². The first kappa shape index (κ1) is 12.8. The van der Waals surface area contributed by atoms with E-state index in [1.165, 1.54) is 22.5 Å². The normalized spacial score (nSPS) is 19.9. The van der Waals surface area contributed by atoms with Crippen LogP contribution in [0.25, 0.3) is 0 Å². The molecule has 0 bridgehead atoms. The maximum atomic E-state index is 12.1. The Bertz CT molecular complexity index is 549. The molecule has 1 saturated heterocycles. The quantitative estimate of drug-likeness (QED) is 0.789. The van der Waals surface area contributed by atoms with Gasteiger partial charge < -0.3 is 10.8 Å². The monoisotopic (exact) mass is 320 g/mol. The highest BCUT2D eigenvalue weighted by atomic mass is 79.9. The van der Waals surface area contributed by atoms with Crippen LogP contribution in [-0.4, -0.2) is 36.5 Å². The molecule has 5 nitrogen and oxygen atoms in total. The van der Waals surface area contributed by atoms with Crippen molar-refractivity contribution < 1.29 is 13.5 Å². The number of halogens is 1. The van der Waals surface area contributed by atoms with Crippen LogP contribution in [0.5, 0.6) is 0 Å². The van der Waals surface area contributed by atoms with Gasteiger partial charge in [-0.2, -0.15) is 4.31 Å². The second kappa shape index (κ2) is 3.94. The van der Waals surface area contributed by atoms with Crippen LogP contribution >= 0.6 is 15.9 Å². The van der Waals surface area contributed by atoms with Gasteiger partial charge in [0, 0.05) is 23.2 Å². The molecular formula is C10H13BrN2O3S. The first-order valence-electron chi connectivity index (χ1n) is 5.00. The molecule has 1 aliphatic heterocycles. The molecule has 1 fully saturated rings. The van der Waals surface area contributed by atoms with Gasteiger partial charge in [0.25, 0.3) is 0 Å². The average molecular weight is 321 g/mol. The number of rotatable bonds is 2. The molecule has 2 rings (SSSR count). The van der Waals surface area contributed by atoms with Crippen molar-refractivity contribution in [2.24, 2.45) is 0 Å². The number of benzene rings is 1. The first-order chi connectivity index (χ1) is 7.72. The maximum absolute atomic E-state index is 12.1. The van der Waals surface area contributed by atoms with E-state index in [4.69, 9.17) is 5.73 Å². The van der Waals surface area contributed by atoms with Crippen molar-refractivity contribution in [3.63, 3.8) is 0 Å². The highest BCUT2D eigenvalue weighted by Gasteiger charge is 2.43. The lowest BCUT2D eigenvalue weighted by molar-refractivity contribution is -0.0426. The van der Waals surface area contributed by atoms with E-state index in [1.54, 1.807) is 6.92 Å². The molecular weight excluding hydrogens is 308 g/mol. The molecule has 7 heteroatoms. The van der Waals surface area contributed by atoms with E-state index >= 15 is 0 Å². The minimum Gasteiger partial charge on any atom is -0.398 e. The van der Waals surface area contributed by atoms with E-state index in [0.717, 1.165) is 0 Å². The first-order valence-corrected chi connectivity index (χ1v) is 7.23. The Kier molecular flexibility index (Phi) is 2.97. The number of aliphatic hydroxyl groups is 1. The summed E-state index contributed by atoms with van der Waals surface area (Å²) < 4.78 is 26.0. The number of hydrogen-bond donors (Lipinski definition) is 2. The molecule has 17 heavy (non-hydrogen) atoms. The fraction of sp³-hybridized carbons (Fsp3) is 0.400. The van der Waals surface area contributed by atoms with Crippen molar-refractivity contribution in [2.75, 3.05) is 18.8 Å². The van der Waals surface area contributed by atoms with Crippen LogP contribution in [0.2, 0.25) is 0 Å². The number of sulfonamides is 1. The predicted molar refractivity (Wildman–Crippen MR) is 67.9 cm³/mol. The van der Waals surface area contributed by atoms with Crippen molar-refractivity contribution in [2.45, 2.75) is 17.4 Å². The lowest BCUT2D eigenvalue weighted by atomic mass is 10.0. The van der Waals surface area contributed by atoms with E-state index in [1.807, 2.05) is 0 Å². The van der Waals surface area contributed by atoms with Crippen molar-refractivity contribution >= 4 is 31.6 Å². The molecule has 1 aliphatic rings. The molecule has 0 radical (unpaired) electrons. The molecule has 1 aromatic rings. The van der Waals surface area contributed by atoms with Gasteiger partial charge >= 0.3 is 0 Å². The summed E-state index contributed by atoms with van der Waals surface area (Å²) in [4.78, 5) is 0.175. The fourth-order valence-electron chi connectivity index (χ4n) is 1.70. The van der Waals surface area contributed by atoms with Crippen molar-refractivity contribution in [1.29, 1.82) is 0 Å². The Morgan fingerprint density at radius 1 is 1.47 bits per heavy atom. The SMILES string of the molecule is CC1(O)CN(S(=O)(=O)c2ccc(N)c(Br)c2)C1. The summed E-state index contributed by atoms with van der Waals surface area (Å²) in [5, 5.41) is 9.56. The third-order valence-corrected chi connectivity index (χ3v) is 5.12. The van der Waals surface area contributed by atoms with Crippen molar-refractivity contribution in [1.82, 2.24) is 4.31 Å². The number of nitrogen functional groups attached to an aromatic ring is 1. The summed E-state index contributed by atoms with van der Waals surface area (Å²) in [5.74, 6) is 0. The fourth-order valence-corrected chi connectivity index (χ4v) is 3.93. The highest BCUT2D eigenvalue weighted by Crippen LogP contribution is 2.30. The minimum absolute atomic E-state index is 0.122. The molecule has 94 valence electrons. The largest absolute Gasteiger partial charge is 0.398 e. The Labute approximate surface area is 108 Å². The summed E-state index contributed by atoms with van der Waals surface area (Å²) in [6, 6.07) is 4.47. The third-order valence-electron chi connectivity index (χ3n) is 2.64. The van der Waals surface area contributed by atoms with Gasteiger partial charge in [-0.3, -0.25) is 0 Å². The zero-order valence-corrected chi connectivity index (χ0v) is 11.6. The second-order valence-corrected chi connectivity index (χ2v) is 7.25. The Hall–Kier alpha value is -0.630. The van der Waals surface area contributed by atoms with Crippen LogP contribution < -0.4 is 5.73 Å². The lowest BCUT2D eigenvalue weighted by Crippen LogP contribution is -2.61. The van der Waals surface area contributed by atoms with Crippen LogP contribution in [0.1, 0.15) is 6.92 Å². The van der Waals surface area contributed by atoms with E-state index in [-0.39, 0.29) is 18.0 Å². The zero-order chi connectivity index (χ0) is 12.8. The van der Waals surface area contributed by atoms with Gasteiger partial charge in [-0.1, -0.05) is 0 Å². The highest BCUT2D eigenvalue weighted by molar-refractivity contribution is 9.10. The second-order valence-electron chi connectivity index (χ2n) is 4.45. The number of nitrogens with zero attached hydrogens (tertiary/aromatic N) is 1. The van der Waals surface area contributed by atoms with Gasteiger partial charge in [-0.05, 0) is 41.1 Å². The van der Waals surface area contributed by atoms with Crippen LogP contribution in [0, 0.1) is 0 Å². The Morgan fingerprint density at radius 2 is 2.06 bits per heavy atom. The molecule has 1 heterocycles. The van der Waals surface area contributed by atoms with Gasteiger partial charge in [-0.25, -0.2) is 8.42 Å². The topological polar surface area (TPSA) is 83.6 Å². The van der Waals surface area contributed by atoms with Gasteiger partial charge in [0.1, 0.15) is 0 Å². The van der Waals surface area contributed by atoms with Gasteiger partial charge in [-0.15, -0.1) is 0 Å². The van der Waals surface area contributed by atoms with Crippen molar-refractivity contribution in [3.05, 3.63) is 22.7 Å². The van der Waals surface area contributed by atoms with E-state index in [0.29, 0.717) is 10.2 Å². The van der Waals surface area contributed by atoms with Crippen LogP contribution in [-0.2, 0) is 10.0 Å². The van der Waals surface area contributed by atoms with E-state index in [9.17, 15) is 13.5 Å². The Morgan fingerprint density at radius 3 is 2.53 bits per heavy atom. The lowest BCUT2D eigenvalue weighted by Gasteiger charge is -2.42. The Balaban J connectivity index is 2.30. The minimum atomic E-state index is -3.52. The summed E-state index contributed by atoms with van der Waals surface area (Å²) in [5.41, 5.74) is 5.17. The molecule has 0 atom stereocenters.